The molecule has 7 nitrogen and oxygen atoms in total. The molecule has 0 unspecified atom stereocenters. The fourth-order valence-electron chi connectivity index (χ4n) is 4.09. The van der Waals surface area contributed by atoms with Crippen molar-refractivity contribution in [1.82, 2.24) is 5.32 Å². The third-order valence-electron chi connectivity index (χ3n) is 6.25. The van der Waals surface area contributed by atoms with E-state index in [0.717, 1.165) is 39.0 Å². The zero-order chi connectivity index (χ0) is 24.9. The summed E-state index contributed by atoms with van der Waals surface area (Å²) < 4.78 is 33.5. The van der Waals surface area contributed by atoms with Crippen LogP contribution in [-0.2, 0) is 28.4 Å². The highest BCUT2D eigenvalue weighted by Gasteiger charge is 2.12. The summed E-state index contributed by atoms with van der Waals surface area (Å²) in [5.41, 5.74) is 0. The molecule has 0 atom stereocenters. The van der Waals surface area contributed by atoms with Gasteiger partial charge in [-0.3, -0.25) is 0 Å². The van der Waals surface area contributed by atoms with Gasteiger partial charge in [0.05, 0.1) is 72.2 Å². The minimum absolute atomic E-state index is 0.393. The van der Waals surface area contributed by atoms with Crippen molar-refractivity contribution in [2.75, 3.05) is 85.8 Å². The Bertz CT molecular complexity index is 396. The Morgan fingerprint density at radius 3 is 1.29 bits per heavy atom. The molecule has 0 saturated carbocycles. The number of nitrogens with one attached hydrogen (secondary N) is 1. The number of hydrogen-bond acceptors (Lipinski definition) is 7. The van der Waals surface area contributed by atoms with E-state index >= 15 is 0 Å². The highest BCUT2D eigenvalue weighted by molar-refractivity contribution is 4.67. The van der Waals surface area contributed by atoms with Crippen LogP contribution in [0.1, 0.15) is 90.4 Å². The van der Waals surface area contributed by atoms with Gasteiger partial charge >= 0.3 is 0 Å². The zero-order valence-electron chi connectivity index (χ0n) is 22.9. The standard InChI is InChI=1S/C28H57NO6/c1-2-3-4-5-6-7-8-9-10-11-12-17-30-18-19-31-20-21-32-22-23-33-24-25-34-26-27-35-28-13-15-29-16-14-28/h28-29H,2-27H2,1H3. The number of rotatable bonds is 28. The van der Waals surface area contributed by atoms with Gasteiger partial charge in [-0.25, -0.2) is 0 Å². The fourth-order valence-corrected chi connectivity index (χ4v) is 4.09. The summed E-state index contributed by atoms with van der Waals surface area (Å²) in [6.07, 6.45) is 17.6. The van der Waals surface area contributed by atoms with Gasteiger partial charge in [0.25, 0.3) is 0 Å². The molecule has 0 aromatic carbocycles. The molecule has 0 radical (unpaired) electrons. The van der Waals surface area contributed by atoms with Gasteiger partial charge in [0.15, 0.2) is 0 Å². The van der Waals surface area contributed by atoms with Crippen molar-refractivity contribution < 1.29 is 28.4 Å². The zero-order valence-corrected chi connectivity index (χ0v) is 22.9. The van der Waals surface area contributed by atoms with Crippen molar-refractivity contribution in [3.63, 3.8) is 0 Å². The Labute approximate surface area is 216 Å². The van der Waals surface area contributed by atoms with Gasteiger partial charge in [0.2, 0.25) is 0 Å². The molecule has 1 aliphatic heterocycles. The van der Waals surface area contributed by atoms with Gasteiger partial charge in [-0.15, -0.1) is 0 Å². The monoisotopic (exact) mass is 503 g/mol. The van der Waals surface area contributed by atoms with Crippen molar-refractivity contribution in [2.45, 2.75) is 96.5 Å². The van der Waals surface area contributed by atoms with Crippen LogP contribution >= 0.6 is 0 Å². The van der Waals surface area contributed by atoms with Gasteiger partial charge in [0, 0.05) is 6.61 Å². The lowest BCUT2D eigenvalue weighted by molar-refractivity contribution is -0.0296. The Kier molecular flexibility index (Phi) is 26.5. The average Bonchev–Trinajstić information content (AvgIpc) is 2.89. The van der Waals surface area contributed by atoms with E-state index < -0.39 is 0 Å². The third-order valence-corrected chi connectivity index (χ3v) is 6.25. The molecule has 0 amide bonds. The van der Waals surface area contributed by atoms with Crippen LogP contribution in [0.25, 0.3) is 0 Å². The minimum Gasteiger partial charge on any atom is -0.379 e. The van der Waals surface area contributed by atoms with E-state index in [1.165, 1.54) is 64.2 Å². The first-order valence-electron chi connectivity index (χ1n) is 14.6. The second kappa shape index (κ2) is 28.3. The molecule has 1 fully saturated rings. The summed E-state index contributed by atoms with van der Waals surface area (Å²) in [5.74, 6) is 0. The molecule has 0 aromatic heterocycles. The molecule has 7 heteroatoms. The first-order chi connectivity index (χ1) is 17.4. The summed E-state index contributed by atoms with van der Waals surface area (Å²) in [6.45, 7) is 11.4. The molecule has 1 saturated heterocycles. The molecule has 1 heterocycles. The van der Waals surface area contributed by atoms with E-state index in [9.17, 15) is 0 Å². The van der Waals surface area contributed by atoms with Crippen LogP contribution in [0.2, 0.25) is 0 Å². The molecule has 0 bridgehead atoms. The van der Waals surface area contributed by atoms with Crippen molar-refractivity contribution in [2.24, 2.45) is 0 Å². The number of hydrogen-bond donors (Lipinski definition) is 1. The molecule has 210 valence electrons. The van der Waals surface area contributed by atoms with E-state index in [0.29, 0.717) is 72.2 Å². The number of unbranched alkanes of at least 4 members (excludes halogenated alkanes) is 10. The summed E-state index contributed by atoms with van der Waals surface area (Å²) in [6, 6.07) is 0. The lowest BCUT2D eigenvalue weighted by atomic mass is 10.1. The molecule has 0 spiro atoms. The summed E-state index contributed by atoms with van der Waals surface area (Å²) >= 11 is 0. The lowest BCUT2D eigenvalue weighted by Gasteiger charge is -2.22. The summed E-state index contributed by atoms with van der Waals surface area (Å²) in [5, 5.41) is 3.34. The van der Waals surface area contributed by atoms with Crippen molar-refractivity contribution >= 4 is 0 Å². The molecule has 0 aromatic rings. The molecular weight excluding hydrogens is 446 g/mol. The topological polar surface area (TPSA) is 67.4 Å². The maximum atomic E-state index is 5.79. The molecule has 1 N–H and O–H groups in total. The first kappa shape index (κ1) is 32.7. The Morgan fingerprint density at radius 2 is 0.829 bits per heavy atom. The Morgan fingerprint density at radius 1 is 0.457 bits per heavy atom. The smallest absolute Gasteiger partial charge is 0.0704 e. The van der Waals surface area contributed by atoms with Gasteiger partial charge < -0.3 is 33.7 Å². The Balaban J connectivity index is 1.61. The largest absolute Gasteiger partial charge is 0.379 e. The summed E-state index contributed by atoms with van der Waals surface area (Å²) in [4.78, 5) is 0. The quantitative estimate of drug-likeness (QED) is 0.148. The molecule has 35 heavy (non-hydrogen) atoms. The van der Waals surface area contributed by atoms with E-state index in [2.05, 4.69) is 12.2 Å². The van der Waals surface area contributed by atoms with Gasteiger partial charge in [-0.05, 0) is 32.4 Å². The number of piperidine rings is 1. The van der Waals surface area contributed by atoms with Gasteiger partial charge in [0.1, 0.15) is 0 Å². The van der Waals surface area contributed by atoms with Crippen LogP contribution < -0.4 is 5.32 Å². The third kappa shape index (κ3) is 25.2. The first-order valence-corrected chi connectivity index (χ1v) is 14.6. The second-order valence-corrected chi connectivity index (χ2v) is 9.42. The van der Waals surface area contributed by atoms with E-state index in [1.54, 1.807) is 0 Å². The highest BCUT2D eigenvalue weighted by Crippen LogP contribution is 2.11. The average molecular weight is 504 g/mol. The summed E-state index contributed by atoms with van der Waals surface area (Å²) in [7, 11) is 0. The minimum atomic E-state index is 0.393. The van der Waals surface area contributed by atoms with Crippen LogP contribution in [0.15, 0.2) is 0 Å². The molecule has 0 aliphatic carbocycles. The Hall–Kier alpha value is -0.280. The second-order valence-electron chi connectivity index (χ2n) is 9.42. The van der Waals surface area contributed by atoms with Crippen molar-refractivity contribution in [3.05, 3.63) is 0 Å². The van der Waals surface area contributed by atoms with Crippen molar-refractivity contribution in [1.29, 1.82) is 0 Å². The van der Waals surface area contributed by atoms with Crippen LogP contribution in [0.4, 0.5) is 0 Å². The van der Waals surface area contributed by atoms with E-state index in [4.69, 9.17) is 28.4 Å². The van der Waals surface area contributed by atoms with Crippen molar-refractivity contribution in [3.8, 4) is 0 Å². The van der Waals surface area contributed by atoms with Gasteiger partial charge in [-0.2, -0.15) is 0 Å². The van der Waals surface area contributed by atoms with Crippen LogP contribution in [-0.4, -0.2) is 91.9 Å². The maximum Gasteiger partial charge on any atom is 0.0704 e. The normalized spacial score (nSPS) is 14.7. The van der Waals surface area contributed by atoms with Crippen LogP contribution in [0.5, 0.6) is 0 Å². The van der Waals surface area contributed by atoms with Crippen LogP contribution in [0.3, 0.4) is 0 Å². The molecular formula is C28H57NO6. The molecule has 1 aliphatic rings. The SMILES string of the molecule is CCCCCCCCCCCCCOCCOCCOCCOCCOCCOC1CCNCC1. The van der Waals surface area contributed by atoms with Gasteiger partial charge in [-0.1, -0.05) is 71.1 Å². The predicted molar refractivity (Wildman–Crippen MR) is 142 cm³/mol. The maximum absolute atomic E-state index is 5.79. The molecule has 1 rings (SSSR count). The number of ether oxygens (including phenoxy) is 6. The van der Waals surface area contributed by atoms with E-state index in [1.807, 2.05) is 0 Å². The predicted octanol–water partition coefficient (Wildman–Crippen LogP) is 5.15. The van der Waals surface area contributed by atoms with Crippen LogP contribution in [0, 0.1) is 0 Å². The lowest BCUT2D eigenvalue weighted by Crippen LogP contribution is -2.33. The van der Waals surface area contributed by atoms with E-state index in [-0.39, 0.29) is 0 Å². The fraction of sp³-hybridized carbons (Fsp3) is 1.00. The highest BCUT2D eigenvalue weighted by atomic mass is 16.6.